The molecule has 0 aliphatic rings. The van der Waals surface area contributed by atoms with Crippen molar-refractivity contribution in [2.24, 2.45) is 0 Å². The first-order valence-electron chi connectivity index (χ1n) is 5.29. The summed E-state index contributed by atoms with van der Waals surface area (Å²) in [6, 6.07) is 1.72. The van der Waals surface area contributed by atoms with Gasteiger partial charge in [0, 0.05) is 26.8 Å². The summed E-state index contributed by atoms with van der Waals surface area (Å²) in [7, 11) is 3.26. The Kier molecular flexibility index (Phi) is 5.54. The van der Waals surface area contributed by atoms with Gasteiger partial charge in [-0.2, -0.15) is 0 Å². The number of carbonyl (C=O) groups excluding carboxylic acids is 1. The Morgan fingerprint density at radius 1 is 1.56 bits per heavy atom. The second-order valence-electron chi connectivity index (χ2n) is 3.60. The van der Waals surface area contributed by atoms with Crippen molar-refractivity contribution >= 4 is 29.3 Å². The van der Waals surface area contributed by atoms with Crippen LogP contribution < -0.4 is 0 Å². The molecule has 1 heterocycles. The van der Waals surface area contributed by atoms with Crippen LogP contribution in [-0.4, -0.2) is 49.2 Å². The minimum atomic E-state index is -1.03. The molecule has 0 unspecified atom stereocenters. The van der Waals surface area contributed by atoms with Crippen molar-refractivity contribution in [1.82, 2.24) is 4.90 Å². The number of aliphatic carboxylic acids is 1. The van der Waals surface area contributed by atoms with Crippen molar-refractivity contribution in [3.05, 3.63) is 28.0 Å². The first-order valence-corrected chi connectivity index (χ1v) is 6.17. The molecule has 5 nitrogen and oxygen atoms in total. The van der Waals surface area contributed by atoms with Crippen molar-refractivity contribution < 1.29 is 19.4 Å². The monoisotopic (exact) mass is 269 g/mol. The van der Waals surface area contributed by atoms with Crippen LogP contribution in [0.25, 0.3) is 6.08 Å². The van der Waals surface area contributed by atoms with Gasteiger partial charge in [0.15, 0.2) is 0 Å². The van der Waals surface area contributed by atoms with Crippen LogP contribution in [0.1, 0.15) is 15.2 Å². The molecule has 0 aliphatic heterocycles. The van der Waals surface area contributed by atoms with E-state index in [2.05, 4.69) is 0 Å². The van der Waals surface area contributed by atoms with Crippen molar-refractivity contribution in [3.8, 4) is 0 Å². The number of carboxylic acids is 1. The maximum Gasteiger partial charge on any atom is 0.328 e. The van der Waals surface area contributed by atoms with E-state index in [1.165, 1.54) is 17.4 Å². The summed E-state index contributed by atoms with van der Waals surface area (Å²) in [4.78, 5) is 24.6. The molecule has 0 spiro atoms. The summed E-state index contributed by atoms with van der Waals surface area (Å²) in [5.41, 5.74) is 0.622. The van der Waals surface area contributed by atoms with E-state index in [1.807, 2.05) is 0 Å². The number of amides is 1. The lowest BCUT2D eigenvalue weighted by Crippen LogP contribution is -2.29. The largest absolute Gasteiger partial charge is 0.478 e. The van der Waals surface area contributed by atoms with Gasteiger partial charge in [0.2, 0.25) is 0 Å². The molecule has 98 valence electrons. The lowest BCUT2D eigenvalue weighted by molar-refractivity contribution is -0.131. The average molecular weight is 269 g/mol. The van der Waals surface area contributed by atoms with Crippen molar-refractivity contribution in [2.45, 2.75) is 0 Å². The Hall–Kier alpha value is -1.66. The number of ether oxygens (including phenoxy) is 1. The molecule has 1 aromatic rings. The summed E-state index contributed by atoms with van der Waals surface area (Å²) in [5, 5.41) is 10.3. The second kappa shape index (κ2) is 6.93. The van der Waals surface area contributed by atoms with Gasteiger partial charge in [0.25, 0.3) is 5.91 Å². The fraction of sp³-hybridized carbons (Fsp3) is 0.333. The highest BCUT2D eigenvalue weighted by Crippen LogP contribution is 2.20. The van der Waals surface area contributed by atoms with Crippen molar-refractivity contribution in [3.63, 3.8) is 0 Å². The van der Waals surface area contributed by atoms with E-state index in [0.717, 1.165) is 6.08 Å². The Bertz CT molecular complexity index is 453. The molecule has 0 radical (unpaired) electrons. The van der Waals surface area contributed by atoms with E-state index >= 15 is 0 Å². The molecular formula is C12H15NO4S. The molecule has 0 atom stereocenters. The summed E-state index contributed by atoms with van der Waals surface area (Å²) >= 11 is 1.29. The third kappa shape index (κ3) is 3.97. The van der Waals surface area contributed by atoms with Gasteiger partial charge in [0.1, 0.15) is 0 Å². The minimum Gasteiger partial charge on any atom is -0.478 e. The summed E-state index contributed by atoms with van der Waals surface area (Å²) in [6.07, 6.45) is 2.45. The molecule has 1 N–H and O–H groups in total. The fourth-order valence-corrected chi connectivity index (χ4v) is 2.17. The van der Waals surface area contributed by atoms with Gasteiger partial charge < -0.3 is 14.7 Å². The number of carboxylic acid groups (broad SMARTS) is 1. The van der Waals surface area contributed by atoms with E-state index in [0.29, 0.717) is 23.6 Å². The SMILES string of the molecule is COCCN(C)C(=O)c1sccc1/C=C/C(=O)O. The first-order chi connectivity index (χ1) is 8.56. The van der Waals surface area contributed by atoms with E-state index in [4.69, 9.17) is 9.84 Å². The third-order valence-electron chi connectivity index (χ3n) is 2.27. The zero-order chi connectivity index (χ0) is 13.5. The number of methoxy groups -OCH3 is 1. The highest BCUT2D eigenvalue weighted by Gasteiger charge is 2.15. The molecule has 0 saturated carbocycles. The Labute approximate surface area is 109 Å². The van der Waals surface area contributed by atoms with Crippen LogP contribution >= 0.6 is 11.3 Å². The summed E-state index contributed by atoms with van der Waals surface area (Å²) in [6.45, 7) is 0.962. The fourth-order valence-electron chi connectivity index (χ4n) is 1.29. The van der Waals surface area contributed by atoms with Crippen LogP contribution in [0.2, 0.25) is 0 Å². The molecule has 1 rings (SSSR count). The number of rotatable bonds is 6. The van der Waals surface area contributed by atoms with Gasteiger partial charge in [-0.15, -0.1) is 11.3 Å². The first kappa shape index (κ1) is 14.4. The Morgan fingerprint density at radius 2 is 2.28 bits per heavy atom. The van der Waals surface area contributed by atoms with Gasteiger partial charge >= 0.3 is 5.97 Å². The van der Waals surface area contributed by atoms with Gasteiger partial charge in [-0.05, 0) is 23.1 Å². The van der Waals surface area contributed by atoms with Gasteiger partial charge in [-0.1, -0.05) is 0 Å². The summed E-state index contributed by atoms with van der Waals surface area (Å²) in [5.74, 6) is -1.17. The number of nitrogens with zero attached hydrogens (tertiary/aromatic N) is 1. The summed E-state index contributed by atoms with van der Waals surface area (Å²) < 4.78 is 4.91. The van der Waals surface area contributed by atoms with Crippen LogP contribution in [-0.2, 0) is 9.53 Å². The average Bonchev–Trinajstić information content (AvgIpc) is 2.80. The Balaban J connectivity index is 2.80. The maximum absolute atomic E-state index is 12.1. The molecule has 0 bridgehead atoms. The molecule has 18 heavy (non-hydrogen) atoms. The highest BCUT2D eigenvalue weighted by atomic mass is 32.1. The van der Waals surface area contributed by atoms with E-state index in [-0.39, 0.29) is 5.91 Å². The second-order valence-corrected chi connectivity index (χ2v) is 4.51. The zero-order valence-electron chi connectivity index (χ0n) is 10.3. The molecular weight excluding hydrogens is 254 g/mol. The quantitative estimate of drug-likeness (QED) is 0.796. The van der Waals surface area contributed by atoms with Crippen LogP contribution in [0, 0.1) is 0 Å². The van der Waals surface area contributed by atoms with Gasteiger partial charge in [-0.3, -0.25) is 4.79 Å². The molecule has 1 aromatic heterocycles. The maximum atomic E-state index is 12.1. The highest BCUT2D eigenvalue weighted by molar-refractivity contribution is 7.12. The number of carbonyl (C=O) groups is 2. The number of hydrogen-bond donors (Lipinski definition) is 1. The molecule has 0 saturated heterocycles. The van der Waals surface area contributed by atoms with Crippen LogP contribution in [0.15, 0.2) is 17.5 Å². The van der Waals surface area contributed by atoms with Crippen LogP contribution in [0.5, 0.6) is 0 Å². The molecule has 0 aromatic carbocycles. The topological polar surface area (TPSA) is 66.8 Å². The van der Waals surface area contributed by atoms with Crippen LogP contribution in [0.3, 0.4) is 0 Å². The van der Waals surface area contributed by atoms with Gasteiger partial charge in [-0.25, -0.2) is 4.79 Å². The smallest absolute Gasteiger partial charge is 0.328 e. The number of thiophene rings is 1. The molecule has 0 fully saturated rings. The zero-order valence-corrected chi connectivity index (χ0v) is 11.1. The van der Waals surface area contributed by atoms with E-state index < -0.39 is 5.97 Å². The normalized spacial score (nSPS) is 10.8. The van der Waals surface area contributed by atoms with Gasteiger partial charge in [0.05, 0.1) is 11.5 Å². The standard InChI is InChI=1S/C12H15NO4S/c1-13(6-7-17-2)12(16)11-9(5-8-18-11)3-4-10(14)15/h3-5,8H,6-7H2,1-2H3,(H,14,15)/b4-3+. The molecule has 1 amide bonds. The molecule has 0 aliphatic carbocycles. The minimum absolute atomic E-state index is 0.132. The Morgan fingerprint density at radius 3 is 2.89 bits per heavy atom. The van der Waals surface area contributed by atoms with E-state index in [9.17, 15) is 9.59 Å². The van der Waals surface area contributed by atoms with E-state index in [1.54, 1.807) is 30.5 Å². The lowest BCUT2D eigenvalue weighted by Gasteiger charge is -2.15. The number of hydrogen-bond acceptors (Lipinski definition) is 4. The van der Waals surface area contributed by atoms with Crippen molar-refractivity contribution in [1.29, 1.82) is 0 Å². The van der Waals surface area contributed by atoms with Crippen LogP contribution in [0.4, 0.5) is 0 Å². The molecule has 6 heteroatoms. The van der Waals surface area contributed by atoms with Crippen molar-refractivity contribution in [2.75, 3.05) is 27.3 Å². The number of likely N-dealkylation sites (N-methyl/N-ethyl adjacent to an activating group) is 1. The lowest BCUT2D eigenvalue weighted by atomic mass is 10.2. The third-order valence-corrected chi connectivity index (χ3v) is 3.19. The predicted molar refractivity (Wildman–Crippen MR) is 69.8 cm³/mol. The predicted octanol–water partition coefficient (Wildman–Crippen LogP) is 1.56.